The number of nitrogens with one attached hydrogen (secondary N) is 2. The summed E-state index contributed by atoms with van der Waals surface area (Å²) < 4.78 is 9.28. The highest BCUT2D eigenvalue weighted by Crippen LogP contribution is 2.43. The number of aromatic nitrogens is 5. The zero-order valence-corrected chi connectivity index (χ0v) is 37.8. The van der Waals surface area contributed by atoms with Crippen LogP contribution in [-0.4, -0.2) is 24.5 Å². The summed E-state index contributed by atoms with van der Waals surface area (Å²) in [5, 5.41) is 9.67. The van der Waals surface area contributed by atoms with Crippen molar-refractivity contribution in [1.29, 1.82) is 0 Å². The van der Waals surface area contributed by atoms with Crippen molar-refractivity contribution in [3.8, 4) is 73.7 Å². The van der Waals surface area contributed by atoms with Gasteiger partial charge in [-0.1, -0.05) is 182 Å². The molecule has 0 spiro atoms. The lowest BCUT2D eigenvalue weighted by Gasteiger charge is -2.20. The maximum absolute atomic E-state index is 7.09. The SMILES string of the molecule is c1ccc(-c2nc(-c3ccccc3)nc(-c3cc4c5ccccc5n(-c5ccccn5)c4cc3Oc3cccc(Nc4ccccc4Nc4c(-c5ccccc5)cccc4-c4ccccc4)c3)n2)cc1. The lowest BCUT2D eigenvalue weighted by atomic mass is 9.95. The van der Waals surface area contributed by atoms with Gasteiger partial charge in [0.1, 0.15) is 17.3 Å². The highest BCUT2D eigenvalue weighted by atomic mass is 16.5. The van der Waals surface area contributed by atoms with E-state index in [1.54, 1.807) is 0 Å². The van der Waals surface area contributed by atoms with Crippen molar-refractivity contribution in [3.05, 3.63) is 249 Å². The number of benzene rings is 9. The molecule has 0 saturated heterocycles. The minimum absolute atomic E-state index is 0.485. The summed E-state index contributed by atoms with van der Waals surface area (Å²) >= 11 is 0. The lowest BCUT2D eigenvalue weighted by Crippen LogP contribution is -2.02. The fourth-order valence-corrected chi connectivity index (χ4v) is 9.08. The largest absolute Gasteiger partial charge is 0.456 e. The van der Waals surface area contributed by atoms with Crippen LogP contribution in [0.5, 0.6) is 11.5 Å². The Morgan fingerprint density at radius 2 is 0.914 bits per heavy atom. The summed E-state index contributed by atoms with van der Waals surface area (Å²) in [7, 11) is 0. The van der Waals surface area contributed by atoms with Crippen LogP contribution in [0.15, 0.2) is 249 Å². The van der Waals surface area contributed by atoms with Gasteiger partial charge >= 0.3 is 0 Å². The van der Waals surface area contributed by atoms with E-state index in [9.17, 15) is 0 Å². The molecule has 0 fully saturated rings. The van der Waals surface area contributed by atoms with Crippen molar-refractivity contribution in [2.45, 2.75) is 0 Å². The van der Waals surface area contributed by atoms with Gasteiger partial charge in [0.05, 0.1) is 33.7 Å². The molecule has 0 unspecified atom stereocenters. The fourth-order valence-electron chi connectivity index (χ4n) is 9.08. The van der Waals surface area contributed by atoms with Gasteiger partial charge in [-0.25, -0.2) is 19.9 Å². The first-order chi connectivity index (χ1) is 34.7. The van der Waals surface area contributed by atoms with E-state index < -0.39 is 0 Å². The summed E-state index contributed by atoms with van der Waals surface area (Å²) in [4.78, 5) is 20.2. The van der Waals surface area contributed by atoms with Gasteiger partial charge in [0.15, 0.2) is 17.5 Å². The van der Waals surface area contributed by atoms with Crippen molar-refractivity contribution >= 4 is 44.6 Å². The van der Waals surface area contributed by atoms with Crippen molar-refractivity contribution < 1.29 is 4.74 Å². The number of fused-ring (bicyclic) bond motifs is 3. The summed E-state index contributed by atoms with van der Waals surface area (Å²) in [6.45, 7) is 0. The molecule has 3 heterocycles. The molecule has 8 heteroatoms. The molecule has 0 aliphatic carbocycles. The number of hydrogen-bond acceptors (Lipinski definition) is 7. The van der Waals surface area contributed by atoms with Gasteiger partial charge in [0.2, 0.25) is 0 Å². The predicted octanol–water partition coefficient (Wildman–Crippen LogP) is 16.0. The molecule has 2 N–H and O–H groups in total. The van der Waals surface area contributed by atoms with Crippen LogP contribution in [0.25, 0.3) is 84.0 Å². The molecular formula is C62H43N7O. The normalized spacial score (nSPS) is 11.1. The van der Waals surface area contributed by atoms with Gasteiger partial charge in [-0.15, -0.1) is 0 Å². The van der Waals surface area contributed by atoms with E-state index in [-0.39, 0.29) is 0 Å². The van der Waals surface area contributed by atoms with Crippen LogP contribution in [0, 0.1) is 0 Å². The van der Waals surface area contributed by atoms with Gasteiger partial charge in [0.25, 0.3) is 0 Å². The number of anilines is 4. The van der Waals surface area contributed by atoms with Crippen LogP contribution in [0.1, 0.15) is 0 Å². The molecule has 0 saturated carbocycles. The number of hydrogen-bond donors (Lipinski definition) is 2. The monoisotopic (exact) mass is 901 g/mol. The Morgan fingerprint density at radius 1 is 0.371 bits per heavy atom. The second-order valence-electron chi connectivity index (χ2n) is 16.8. The molecule has 9 aromatic carbocycles. The zero-order chi connectivity index (χ0) is 46.6. The molecule has 0 aliphatic rings. The Morgan fingerprint density at radius 3 is 1.54 bits per heavy atom. The Balaban J connectivity index is 0.972. The standard InChI is InChI=1S/C62H43N7O/c1-5-21-42(22-6-1)48-32-20-33-49(43-23-7-2-8-24-43)59(48)65-54-35-15-14-34-53(54)64-46-29-19-30-47(39-46)70-57-41-56-51(50-31-13-16-36-55(50)69(56)58-37-17-18-38-63-58)40-52(57)62-67-60(44-25-9-3-10-26-44)66-61(68-62)45-27-11-4-12-28-45/h1-41,64-65H. The van der Waals surface area contributed by atoms with E-state index in [4.69, 9.17) is 24.7 Å². The van der Waals surface area contributed by atoms with Crippen molar-refractivity contribution in [2.24, 2.45) is 0 Å². The molecule has 0 atom stereocenters. The highest BCUT2D eigenvalue weighted by molar-refractivity contribution is 6.11. The molecule has 12 aromatic rings. The highest BCUT2D eigenvalue weighted by Gasteiger charge is 2.22. The van der Waals surface area contributed by atoms with Crippen LogP contribution in [0.3, 0.4) is 0 Å². The molecule has 332 valence electrons. The summed E-state index contributed by atoms with van der Waals surface area (Å²) in [6, 6.07) is 82.4. The van der Waals surface area contributed by atoms with E-state index in [0.717, 1.165) is 83.8 Å². The Kier molecular flexibility index (Phi) is 11.1. The maximum atomic E-state index is 7.09. The summed E-state index contributed by atoms with van der Waals surface area (Å²) in [5.41, 5.74) is 12.6. The Bertz CT molecular complexity index is 3670. The Hall–Kier alpha value is -9.66. The van der Waals surface area contributed by atoms with E-state index in [2.05, 4.69) is 137 Å². The predicted molar refractivity (Wildman–Crippen MR) is 285 cm³/mol. The first kappa shape index (κ1) is 41.7. The van der Waals surface area contributed by atoms with Crippen molar-refractivity contribution in [2.75, 3.05) is 10.6 Å². The lowest BCUT2D eigenvalue weighted by molar-refractivity contribution is 0.485. The number of rotatable bonds is 12. The molecule has 0 aliphatic heterocycles. The number of para-hydroxylation sites is 4. The molecule has 70 heavy (non-hydrogen) atoms. The van der Waals surface area contributed by atoms with Crippen molar-refractivity contribution in [3.63, 3.8) is 0 Å². The molecule has 0 bridgehead atoms. The van der Waals surface area contributed by atoms with Crippen LogP contribution < -0.4 is 15.4 Å². The van der Waals surface area contributed by atoms with Gasteiger partial charge in [-0.2, -0.15) is 0 Å². The smallest absolute Gasteiger partial charge is 0.167 e. The van der Waals surface area contributed by atoms with Crippen LogP contribution in [-0.2, 0) is 0 Å². The summed E-state index contributed by atoms with van der Waals surface area (Å²) in [5.74, 6) is 3.60. The van der Waals surface area contributed by atoms with E-state index in [0.29, 0.717) is 34.5 Å². The molecule has 0 radical (unpaired) electrons. The second-order valence-corrected chi connectivity index (χ2v) is 16.8. The zero-order valence-electron chi connectivity index (χ0n) is 37.8. The molecule has 12 rings (SSSR count). The van der Waals surface area contributed by atoms with Gasteiger partial charge in [0, 0.05) is 57.0 Å². The molecular weight excluding hydrogens is 859 g/mol. The van der Waals surface area contributed by atoms with Gasteiger partial charge in [-0.05, 0) is 59.7 Å². The first-order valence-corrected chi connectivity index (χ1v) is 23.2. The van der Waals surface area contributed by atoms with E-state index >= 15 is 0 Å². The average molecular weight is 902 g/mol. The molecule has 8 nitrogen and oxygen atoms in total. The number of pyridine rings is 1. The van der Waals surface area contributed by atoms with E-state index in [1.807, 2.05) is 128 Å². The maximum Gasteiger partial charge on any atom is 0.167 e. The minimum Gasteiger partial charge on any atom is -0.456 e. The summed E-state index contributed by atoms with van der Waals surface area (Å²) in [6.07, 6.45) is 1.82. The van der Waals surface area contributed by atoms with Crippen LogP contribution in [0.2, 0.25) is 0 Å². The average Bonchev–Trinajstić information content (AvgIpc) is 3.75. The number of ether oxygens (including phenoxy) is 1. The van der Waals surface area contributed by atoms with E-state index in [1.165, 1.54) is 0 Å². The van der Waals surface area contributed by atoms with Crippen molar-refractivity contribution in [1.82, 2.24) is 24.5 Å². The third-order valence-electron chi connectivity index (χ3n) is 12.4. The molecule has 3 aromatic heterocycles. The molecule has 0 amide bonds. The fraction of sp³-hybridized carbons (Fsp3) is 0. The second kappa shape index (κ2) is 18.6. The van der Waals surface area contributed by atoms with Crippen LogP contribution >= 0.6 is 0 Å². The first-order valence-electron chi connectivity index (χ1n) is 23.2. The quantitative estimate of drug-likeness (QED) is 0.126. The van der Waals surface area contributed by atoms with Gasteiger partial charge in [-0.3, -0.25) is 4.57 Å². The Labute approximate surface area is 405 Å². The van der Waals surface area contributed by atoms with Gasteiger partial charge < -0.3 is 15.4 Å². The third-order valence-corrected chi connectivity index (χ3v) is 12.4. The van der Waals surface area contributed by atoms with Crippen LogP contribution in [0.4, 0.5) is 22.7 Å². The number of nitrogens with zero attached hydrogens (tertiary/aromatic N) is 5. The topological polar surface area (TPSA) is 89.8 Å². The third kappa shape index (κ3) is 8.27. The minimum atomic E-state index is 0.485.